The molecule has 10 atom stereocenters. The van der Waals surface area contributed by atoms with Crippen LogP contribution in [0.1, 0.15) is 111 Å². The van der Waals surface area contributed by atoms with Gasteiger partial charge in [0, 0.05) is 0 Å². The van der Waals surface area contributed by atoms with Crippen molar-refractivity contribution in [2.45, 2.75) is 89.1 Å². The Bertz CT molecular complexity index is 4000. The van der Waals surface area contributed by atoms with Crippen LogP contribution in [0.5, 0.6) is 0 Å². The van der Waals surface area contributed by atoms with E-state index < -0.39 is 0 Å². The first-order valence-corrected chi connectivity index (χ1v) is 30.5. The molecular weight excluding hydrogens is 1160 g/mol. The zero-order valence-electron chi connectivity index (χ0n) is 45.8. The zero-order chi connectivity index (χ0) is 52.4. The van der Waals surface area contributed by atoms with Gasteiger partial charge in [0.05, 0.1) is 0 Å². The summed E-state index contributed by atoms with van der Waals surface area (Å²) in [7, 11) is 0. The van der Waals surface area contributed by atoms with E-state index in [1.165, 1.54) is 163 Å². The van der Waals surface area contributed by atoms with Crippen molar-refractivity contribution in [3.05, 3.63) is 260 Å². The average Bonchev–Trinajstić information content (AvgIpc) is 3.98. The molecule has 8 aromatic carbocycles. The minimum absolute atomic E-state index is 0. The van der Waals surface area contributed by atoms with E-state index in [4.69, 9.17) is 20.6 Å². The van der Waals surface area contributed by atoms with Gasteiger partial charge in [0.15, 0.2) is 0 Å². The van der Waals surface area contributed by atoms with Crippen LogP contribution in [0, 0.1) is 47.3 Å². The van der Waals surface area contributed by atoms with Crippen LogP contribution in [0.15, 0.2) is 206 Å². The van der Waals surface area contributed by atoms with Gasteiger partial charge in [-0.3, -0.25) is 0 Å². The van der Waals surface area contributed by atoms with Crippen LogP contribution in [-0.2, 0) is 21.1 Å². The van der Waals surface area contributed by atoms with Gasteiger partial charge in [-0.1, -0.05) is 256 Å². The molecule has 5 heteroatoms. The standard InChI is InChI=1S/C76H66N4.Pt/c1-5-21-45(22-6-1)65-69-57-37-49-29-13-15-31-51(49)39-59(57)71(77-69)66(46-23-7-2-8-24-46)73-61-41-53-33-17-19-35-55(53)43-63(61)75(79-73)68(48-27-11-4-12-28-48)76-64-44-56-36-20-18-34-54(56)42-62(64)74(80-76)67(47-25-9-3-10-26-47)72-60-40-52-32-16-14-30-50(52)38-58(60)70(65)78-72;/h1-13,15,18,20-29,31,34,36-37,39,42,44,50,52-53,55,58,60-61,63,70,73H,14,16-17,19,30,32-33,35,38,40-41,43H2;/q-4;+4/b69-65-,71-66-,72-67-,75-68-;. The summed E-state index contributed by atoms with van der Waals surface area (Å²) in [6.07, 6.45) is 15.2. The molecule has 4 heterocycles. The van der Waals surface area contributed by atoms with E-state index in [-0.39, 0.29) is 45.0 Å². The van der Waals surface area contributed by atoms with E-state index in [9.17, 15) is 0 Å². The van der Waals surface area contributed by atoms with Crippen LogP contribution in [0.25, 0.3) is 76.0 Å². The van der Waals surface area contributed by atoms with Gasteiger partial charge in [0.1, 0.15) is 0 Å². The fourth-order valence-electron chi connectivity index (χ4n) is 17.6. The summed E-state index contributed by atoms with van der Waals surface area (Å²) in [4.78, 5) is 12.6. The molecule has 2 aromatic heterocycles. The van der Waals surface area contributed by atoms with Crippen LogP contribution >= 0.6 is 0 Å². The summed E-state index contributed by atoms with van der Waals surface area (Å²) < 4.78 is 0. The third-order valence-corrected chi connectivity index (χ3v) is 21.1. The monoisotopic (exact) mass is 1230 g/mol. The van der Waals surface area contributed by atoms with Gasteiger partial charge in [-0.25, -0.2) is 0 Å². The normalized spacial score (nSPS) is 30.0. The van der Waals surface area contributed by atoms with Crippen molar-refractivity contribution in [3.8, 4) is 0 Å². The molecule has 4 nitrogen and oxygen atoms in total. The largest absolute Gasteiger partial charge is 4.00 e. The van der Waals surface area contributed by atoms with Crippen LogP contribution in [0.3, 0.4) is 0 Å². The van der Waals surface area contributed by atoms with E-state index in [1.54, 1.807) is 0 Å². The number of benzene rings is 8. The second kappa shape index (κ2) is 20.1. The molecule has 4 saturated carbocycles. The fourth-order valence-corrected chi connectivity index (χ4v) is 17.6. The maximum absolute atomic E-state index is 6.46. The summed E-state index contributed by atoms with van der Waals surface area (Å²) in [5.41, 5.74) is 14.4. The summed E-state index contributed by atoms with van der Waals surface area (Å²) in [5.74, 6) is 3.83. The SMILES string of the molecule is [Pt+4].c1ccc(/C2=C3/[N-]C(/C(c4ccccc4)=c4\[n-]/c(c5cc6ccccc6cc45)=C(/c4ccccc4)C4[N-]/C(=C(/c5ccccc5)c5[n-]c2c2cc6ccccc6cc52)C2CC5CCCCC5CC24)C2CC4CCCCC4CC32)cc1. The molecule has 81 heavy (non-hydrogen) atoms. The maximum Gasteiger partial charge on any atom is 4.00 e. The summed E-state index contributed by atoms with van der Waals surface area (Å²) in [5, 5.41) is 24.9. The maximum atomic E-state index is 6.46. The molecule has 8 bridgehead atoms. The predicted molar refractivity (Wildman–Crippen MR) is 329 cm³/mol. The summed E-state index contributed by atoms with van der Waals surface area (Å²) in [6.45, 7) is 0. The predicted octanol–water partition coefficient (Wildman–Crippen LogP) is 17.0. The first kappa shape index (κ1) is 49.7. The minimum atomic E-state index is -0.125. The van der Waals surface area contributed by atoms with Crippen LogP contribution in [-0.4, -0.2) is 12.1 Å². The Balaban J connectivity index is 0.00000542. The molecule has 0 radical (unpaired) electrons. The van der Waals surface area contributed by atoms with Crippen LogP contribution in [0.2, 0.25) is 0 Å². The van der Waals surface area contributed by atoms with Crippen molar-refractivity contribution in [2.75, 3.05) is 0 Å². The molecule has 2 aliphatic heterocycles. The van der Waals surface area contributed by atoms with Crippen molar-refractivity contribution in [1.82, 2.24) is 9.97 Å². The number of nitrogens with zero attached hydrogens (tertiary/aromatic N) is 4. The van der Waals surface area contributed by atoms with Crippen molar-refractivity contribution in [2.24, 2.45) is 47.3 Å². The Hall–Kier alpha value is -7.13. The van der Waals surface area contributed by atoms with Gasteiger partial charge >= 0.3 is 21.1 Å². The molecule has 10 aromatic rings. The summed E-state index contributed by atoms with van der Waals surface area (Å²) >= 11 is 0. The Morgan fingerprint density at radius 3 is 1.01 bits per heavy atom. The minimum Gasteiger partial charge on any atom is -0.681 e. The van der Waals surface area contributed by atoms with Gasteiger partial charge in [-0.15, -0.1) is 22.1 Å². The average molecular weight is 1230 g/mol. The van der Waals surface area contributed by atoms with Crippen LogP contribution < -0.4 is 20.7 Å². The van der Waals surface area contributed by atoms with Gasteiger partial charge in [0.2, 0.25) is 0 Å². The third kappa shape index (κ3) is 8.08. The van der Waals surface area contributed by atoms with E-state index in [0.29, 0.717) is 35.5 Å². The Kier molecular flexibility index (Phi) is 12.3. The van der Waals surface area contributed by atoms with Gasteiger partial charge in [0.25, 0.3) is 0 Å². The quantitative estimate of drug-likeness (QED) is 0.176. The van der Waals surface area contributed by atoms with Crippen LogP contribution in [0.4, 0.5) is 0 Å². The van der Waals surface area contributed by atoms with Crippen molar-refractivity contribution < 1.29 is 21.1 Å². The van der Waals surface area contributed by atoms with E-state index in [2.05, 4.69) is 194 Å². The molecule has 10 unspecified atom stereocenters. The Morgan fingerprint density at radius 1 is 0.321 bits per heavy atom. The zero-order valence-corrected chi connectivity index (χ0v) is 48.1. The molecule has 2 saturated heterocycles. The van der Waals surface area contributed by atoms with E-state index in [0.717, 1.165) is 34.9 Å². The Labute approximate surface area is 490 Å². The first-order valence-electron chi connectivity index (χ1n) is 30.5. The molecule has 0 amide bonds. The molecule has 400 valence electrons. The topological polar surface area (TPSA) is 56.4 Å². The number of aromatic nitrogens is 2. The number of allylic oxidation sites excluding steroid dienone is 2. The second-order valence-electron chi connectivity index (χ2n) is 25.2. The molecule has 0 spiro atoms. The molecule has 6 fully saturated rings. The van der Waals surface area contributed by atoms with Crippen molar-refractivity contribution in [3.63, 3.8) is 0 Å². The number of hydrogen-bond acceptors (Lipinski definition) is 0. The molecule has 5 aliphatic carbocycles. The number of fused-ring (bicyclic) bond motifs is 4. The smallest absolute Gasteiger partial charge is 0.681 e. The van der Waals surface area contributed by atoms with E-state index >= 15 is 0 Å². The van der Waals surface area contributed by atoms with Crippen molar-refractivity contribution >= 4 is 65.4 Å². The number of rotatable bonds is 4. The molecule has 7 aliphatic rings. The van der Waals surface area contributed by atoms with Gasteiger partial charge in [-0.2, -0.15) is 11.4 Å². The molecule has 0 N–H and O–H groups in total. The van der Waals surface area contributed by atoms with E-state index in [1.807, 2.05) is 0 Å². The Morgan fingerprint density at radius 2 is 0.642 bits per heavy atom. The van der Waals surface area contributed by atoms with Gasteiger partial charge in [-0.05, 0) is 163 Å². The third-order valence-electron chi connectivity index (χ3n) is 21.1. The second-order valence-corrected chi connectivity index (χ2v) is 25.2. The number of hydrogen-bond donors (Lipinski definition) is 0. The van der Waals surface area contributed by atoms with Crippen molar-refractivity contribution in [1.29, 1.82) is 0 Å². The fraction of sp³-hybridized carbons (Fsp3) is 0.289. The molecule has 17 rings (SSSR count). The first-order chi connectivity index (χ1) is 39.7. The summed E-state index contributed by atoms with van der Waals surface area (Å²) in [6, 6.07) is 73.1. The molecular formula is C76H66N4Pt. The van der Waals surface area contributed by atoms with Gasteiger partial charge < -0.3 is 20.6 Å².